The Morgan fingerprint density at radius 3 is 2.81 bits per heavy atom. The number of carbonyl (C=O) groups excluding carboxylic acids is 1. The number of anilines is 1. The third-order valence-corrected chi connectivity index (χ3v) is 3.56. The van der Waals surface area contributed by atoms with Gasteiger partial charge in [-0.2, -0.15) is 0 Å². The first kappa shape index (κ1) is 15.6. The Hall–Kier alpha value is -1.75. The fraction of sp³-hybridized carbons (Fsp3) is 0.312. The van der Waals surface area contributed by atoms with Crippen LogP contribution in [0.2, 0.25) is 0 Å². The molecular weight excluding hydrogens is 332 g/mol. The number of aromatic amines is 1. The molecule has 0 radical (unpaired) electrons. The number of hydrogen-bond acceptors (Lipinski definition) is 2. The number of amides is 1. The molecule has 112 valence electrons. The lowest BCUT2D eigenvalue weighted by Crippen LogP contribution is -2.13. The zero-order valence-electron chi connectivity index (χ0n) is 12.2. The van der Waals surface area contributed by atoms with Crippen LogP contribution in [0, 0.1) is 6.92 Å². The van der Waals surface area contributed by atoms with Gasteiger partial charge in [0.25, 0.3) is 5.91 Å². The van der Waals surface area contributed by atoms with Crippen molar-refractivity contribution >= 4 is 27.5 Å². The van der Waals surface area contributed by atoms with Crippen LogP contribution in [0.1, 0.15) is 35.8 Å². The summed E-state index contributed by atoms with van der Waals surface area (Å²) < 4.78 is 6.50. The van der Waals surface area contributed by atoms with Crippen molar-refractivity contribution in [3.63, 3.8) is 0 Å². The smallest absolute Gasteiger partial charge is 0.272 e. The van der Waals surface area contributed by atoms with Crippen molar-refractivity contribution in [3.8, 4) is 5.75 Å². The van der Waals surface area contributed by atoms with Crippen LogP contribution in [0.3, 0.4) is 0 Å². The normalized spacial score (nSPS) is 10.4. The van der Waals surface area contributed by atoms with Gasteiger partial charge < -0.3 is 15.0 Å². The Morgan fingerprint density at radius 1 is 1.38 bits per heavy atom. The highest BCUT2D eigenvalue weighted by Gasteiger charge is 2.10. The minimum absolute atomic E-state index is 0.163. The minimum Gasteiger partial charge on any atom is -0.494 e. The SMILES string of the molecule is CCCCOc1ccc(NC(=O)c2cc(Br)c[nH]2)c(C)c1. The number of benzene rings is 1. The van der Waals surface area contributed by atoms with E-state index < -0.39 is 0 Å². The molecule has 2 rings (SSSR count). The number of carbonyl (C=O) groups is 1. The number of unbranched alkanes of at least 4 members (excludes halogenated alkanes) is 1. The zero-order valence-corrected chi connectivity index (χ0v) is 13.8. The molecule has 0 saturated heterocycles. The molecule has 1 amide bonds. The summed E-state index contributed by atoms with van der Waals surface area (Å²) in [5.74, 6) is 0.671. The van der Waals surface area contributed by atoms with Crippen LogP contribution < -0.4 is 10.1 Å². The third kappa shape index (κ3) is 4.36. The van der Waals surface area contributed by atoms with Gasteiger partial charge >= 0.3 is 0 Å². The Kier molecular flexibility index (Phi) is 5.44. The Balaban J connectivity index is 2.02. The van der Waals surface area contributed by atoms with Crippen LogP contribution in [-0.2, 0) is 0 Å². The molecule has 21 heavy (non-hydrogen) atoms. The number of H-pyrrole nitrogens is 1. The zero-order chi connectivity index (χ0) is 15.2. The summed E-state index contributed by atoms with van der Waals surface area (Å²) >= 11 is 3.31. The summed E-state index contributed by atoms with van der Waals surface area (Å²) in [6, 6.07) is 7.43. The molecular formula is C16H19BrN2O2. The maximum absolute atomic E-state index is 12.1. The minimum atomic E-state index is -0.163. The lowest BCUT2D eigenvalue weighted by molar-refractivity contribution is 0.102. The van der Waals surface area contributed by atoms with E-state index in [2.05, 4.69) is 33.2 Å². The van der Waals surface area contributed by atoms with Gasteiger partial charge in [0, 0.05) is 16.4 Å². The van der Waals surface area contributed by atoms with E-state index in [0.717, 1.165) is 40.9 Å². The van der Waals surface area contributed by atoms with Gasteiger partial charge in [-0.3, -0.25) is 4.79 Å². The van der Waals surface area contributed by atoms with Crippen molar-refractivity contribution in [3.05, 3.63) is 46.2 Å². The van der Waals surface area contributed by atoms with Crippen LogP contribution >= 0.6 is 15.9 Å². The number of aromatic nitrogens is 1. The molecule has 0 bridgehead atoms. The van der Waals surface area contributed by atoms with Gasteiger partial charge in [-0.25, -0.2) is 0 Å². The first-order valence-electron chi connectivity index (χ1n) is 6.99. The summed E-state index contributed by atoms with van der Waals surface area (Å²) in [5.41, 5.74) is 2.28. The van der Waals surface area contributed by atoms with Gasteiger partial charge in [-0.05, 0) is 59.1 Å². The maximum Gasteiger partial charge on any atom is 0.272 e. The standard InChI is InChI=1S/C16H19BrN2O2/c1-3-4-7-21-13-5-6-14(11(2)8-13)19-16(20)15-9-12(17)10-18-15/h5-6,8-10,18H,3-4,7H2,1-2H3,(H,19,20). The van der Waals surface area contributed by atoms with E-state index in [-0.39, 0.29) is 5.91 Å². The predicted molar refractivity (Wildman–Crippen MR) is 88.0 cm³/mol. The fourth-order valence-electron chi connectivity index (χ4n) is 1.89. The molecule has 0 unspecified atom stereocenters. The Bertz CT molecular complexity index is 622. The first-order chi connectivity index (χ1) is 10.1. The largest absolute Gasteiger partial charge is 0.494 e. The van der Waals surface area contributed by atoms with Gasteiger partial charge in [0.05, 0.1) is 6.61 Å². The quantitative estimate of drug-likeness (QED) is 0.752. The Morgan fingerprint density at radius 2 is 2.19 bits per heavy atom. The van der Waals surface area contributed by atoms with Crippen molar-refractivity contribution in [2.75, 3.05) is 11.9 Å². The molecule has 2 N–H and O–H groups in total. The monoisotopic (exact) mass is 350 g/mol. The van der Waals surface area contributed by atoms with E-state index in [1.165, 1.54) is 0 Å². The Labute approximate surface area is 133 Å². The maximum atomic E-state index is 12.1. The number of aryl methyl sites for hydroxylation is 1. The summed E-state index contributed by atoms with van der Waals surface area (Å²) in [4.78, 5) is 15.0. The molecule has 1 aromatic carbocycles. The van der Waals surface area contributed by atoms with Gasteiger partial charge in [-0.1, -0.05) is 13.3 Å². The molecule has 1 aromatic heterocycles. The van der Waals surface area contributed by atoms with Crippen molar-refractivity contribution in [2.24, 2.45) is 0 Å². The molecule has 2 aromatic rings. The lowest BCUT2D eigenvalue weighted by atomic mass is 10.2. The number of halogens is 1. The summed E-state index contributed by atoms with van der Waals surface area (Å²) in [7, 11) is 0. The highest BCUT2D eigenvalue weighted by Crippen LogP contribution is 2.22. The highest BCUT2D eigenvalue weighted by molar-refractivity contribution is 9.10. The number of rotatable bonds is 6. The number of ether oxygens (including phenoxy) is 1. The average Bonchev–Trinajstić information content (AvgIpc) is 2.89. The van der Waals surface area contributed by atoms with Gasteiger partial charge in [0.1, 0.15) is 11.4 Å². The topological polar surface area (TPSA) is 54.1 Å². The van der Waals surface area contributed by atoms with E-state index >= 15 is 0 Å². The second kappa shape index (κ2) is 7.31. The molecule has 4 nitrogen and oxygen atoms in total. The second-order valence-corrected chi connectivity index (χ2v) is 5.78. The highest BCUT2D eigenvalue weighted by atomic mass is 79.9. The van der Waals surface area contributed by atoms with Crippen LogP contribution in [0.5, 0.6) is 5.75 Å². The molecule has 0 aliphatic heterocycles. The van der Waals surface area contributed by atoms with Crippen molar-refractivity contribution in [1.82, 2.24) is 4.98 Å². The molecule has 5 heteroatoms. The van der Waals surface area contributed by atoms with Crippen LogP contribution in [0.25, 0.3) is 0 Å². The molecule has 0 aliphatic carbocycles. The van der Waals surface area contributed by atoms with Crippen LogP contribution in [0.15, 0.2) is 34.9 Å². The summed E-state index contributed by atoms with van der Waals surface area (Å²) in [5, 5.41) is 2.89. The van der Waals surface area contributed by atoms with Gasteiger partial charge in [-0.15, -0.1) is 0 Å². The van der Waals surface area contributed by atoms with Crippen molar-refractivity contribution < 1.29 is 9.53 Å². The number of hydrogen-bond donors (Lipinski definition) is 2. The summed E-state index contributed by atoms with van der Waals surface area (Å²) in [6.45, 7) is 4.80. The van der Waals surface area contributed by atoms with Crippen molar-refractivity contribution in [1.29, 1.82) is 0 Å². The second-order valence-electron chi connectivity index (χ2n) is 4.86. The fourth-order valence-corrected chi connectivity index (χ4v) is 2.23. The van der Waals surface area contributed by atoms with E-state index in [1.54, 1.807) is 12.3 Å². The van der Waals surface area contributed by atoms with E-state index in [9.17, 15) is 4.79 Å². The third-order valence-electron chi connectivity index (χ3n) is 3.11. The summed E-state index contributed by atoms with van der Waals surface area (Å²) in [6.07, 6.45) is 3.88. The van der Waals surface area contributed by atoms with Crippen LogP contribution in [0.4, 0.5) is 5.69 Å². The van der Waals surface area contributed by atoms with Crippen LogP contribution in [-0.4, -0.2) is 17.5 Å². The van der Waals surface area contributed by atoms with Gasteiger partial charge in [0.15, 0.2) is 0 Å². The van der Waals surface area contributed by atoms with E-state index in [0.29, 0.717) is 5.69 Å². The molecule has 0 spiro atoms. The van der Waals surface area contributed by atoms with E-state index in [1.807, 2.05) is 25.1 Å². The number of nitrogens with one attached hydrogen (secondary N) is 2. The van der Waals surface area contributed by atoms with Gasteiger partial charge in [0.2, 0.25) is 0 Å². The molecule has 1 heterocycles. The van der Waals surface area contributed by atoms with Crippen molar-refractivity contribution in [2.45, 2.75) is 26.7 Å². The molecule has 0 atom stereocenters. The lowest BCUT2D eigenvalue weighted by Gasteiger charge is -2.10. The molecule has 0 saturated carbocycles. The molecule has 0 fully saturated rings. The average molecular weight is 351 g/mol. The molecule has 0 aliphatic rings. The predicted octanol–water partition coefficient (Wildman–Crippen LogP) is 4.52. The van der Waals surface area contributed by atoms with E-state index in [4.69, 9.17) is 4.74 Å². The first-order valence-corrected chi connectivity index (χ1v) is 7.78.